The summed E-state index contributed by atoms with van der Waals surface area (Å²) in [7, 11) is 2.66. The molecule has 2 aromatic rings. The molecule has 0 aromatic heterocycles. The number of carbonyl (C=O) groups is 2. The van der Waals surface area contributed by atoms with Gasteiger partial charge in [0.25, 0.3) is 0 Å². The van der Waals surface area contributed by atoms with Crippen molar-refractivity contribution in [2.75, 3.05) is 14.2 Å². The number of benzene rings is 2. The zero-order valence-corrected chi connectivity index (χ0v) is 16.0. The first-order valence-electron chi connectivity index (χ1n) is 7.84. The van der Waals surface area contributed by atoms with Crippen LogP contribution in [0.25, 0.3) is 0 Å². The monoisotopic (exact) mass is 388 g/mol. The smallest absolute Gasteiger partial charge is 0.332 e. The number of rotatable bonds is 2. The molecule has 2 rings (SSSR count). The molecule has 0 saturated heterocycles. The largest absolute Gasteiger partial charge is 0.466 e. The van der Waals surface area contributed by atoms with Gasteiger partial charge in [-0.05, 0) is 13.8 Å². The fourth-order valence-electron chi connectivity index (χ4n) is 1.12. The second-order valence-corrected chi connectivity index (χ2v) is 4.85. The number of carbonyl (C=O) groups excluding carboxylic acids is 2. The van der Waals surface area contributed by atoms with Gasteiger partial charge in [-0.15, -0.1) is 0 Å². The molecule has 0 heterocycles. The molecule has 0 bridgehead atoms. The fraction of sp³-hybridized carbons (Fsp3) is 0.250. The first-order valence-corrected chi connectivity index (χ1v) is 7.84. The van der Waals surface area contributed by atoms with Crippen LogP contribution in [0.3, 0.4) is 0 Å². The van der Waals surface area contributed by atoms with Crippen molar-refractivity contribution in [2.45, 2.75) is 28.7 Å². The minimum Gasteiger partial charge on any atom is -0.466 e. The highest BCUT2D eigenvalue weighted by Crippen LogP contribution is 1.87. The highest BCUT2D eigenvalue weighted by molar-refractivity contribution is 5.87. The van der Waals surface area contributed by atoms with Gasteiger partial charge in [-0.3, -0.25) is 0 Å². The van der Waals surface area contributed by atoms with Crippen molar-refractivity contribution in [3.63, 3.8) is 0 Å². The van der Waals surface area contributed by atoms with Crippen molar-refractivity contribution < 1.29 is 19.1 Å². The normalized spacial score (nSPS) is 7.29. The minimum atomic E-state index is -0.347. The number of methoxy groups -OCH3 is 2. The van der Waals surface area contributed by atoms with Gasteiger partial charge in [0.05, 0.1) is 14.2 Å². The summed E-state index contributed by atoms with van der Waals surface area (Å²) in [6.07, 6.45) is 0. The molecule has 0 spiro atoms. The van der Waals surface area contributed by atoms with Gasteiger partial charge in [0.15, 0.2) is 0 Å². The van der Waals surface area contributed by atoms with E-state index in [1.54, 1.807) is 13.8 Å². The van der Waals surface area contributed by atoms with Gasteiger partial charge in [-0.2, -0.15) is 0 Å². The van der Waals surface area contributed by atoms with Crippen LogP contribution >= 0.6 is 0 Å². The van der Waals surface area contributed by atoms with E-state index in [-0.39, 0.29) is 26.8 Å². The lowest BCUT2D eigenvalue weighted by molar-refractivity contribution is -0.136. The molecule has 2 aromatic carbocycles. The van der Waals surface area contributed by atoms with E-state index in [1.807, 2.05) is 72.8 Å². The Balaban J connectivity index is -0.000000134. The Bertz CT molecular complexity index is 509. The molecule has 0 aliphatic rings. The number of ether oxygens (including phenoxy) is 2. The third kappa shape index (κ3) is 25.1. The van der Waals surface area contributed by atoms with Crippen molar-refractivity contribution in [3.05, 3.63) is 97.1 Å². The molecule has 0 radical (unpaired) electrons. The SMILES string of the molecule is C.C.C=C(C)C(=O)OC.C=C(C)C(=O)OC.c1ccccc1.c1ccccc1. The van der Waals surface area contributed by atoms with Crippen LogP contribution in [0.2, 0.25) is 0 Å². The van der Waals surface area contributed by atoms with Crippen molar-refractivity contribution >= 4 is 11.9 Å². The lowest BCUT2D eigenvalue weighted by atomic mass is 10.4. The van der Waals surface area contributed by atoms with Crippen molar-refractivity contribution in [2.24, 2.45) is 0 Å². The fourth-order valence-corrected chi connectivity index (χ4v) is 1.12. The molecule has 4 heteroatoms. The van der Waals surface area contributed by atoms with Crippen LogP contribution in [0.4, 0.5) is 0 Å². The topological polar surface area (TPSA) is 52.6 Å². The van der Waals surface area contributed by atoms with Crippen molar-refractivity contribution in [3.8, 4) is 0 Å². The number of esters is 2. The van der Waals surface area contributed by atoms with Crippen LogP contribution in [0.15, 0.2) is 97.1 Å². The van der Waals surface area contributed by atoms with E-state index in [1.165, 1.54) is 14.2 Å². The molecule has 0 N–H and O–H groups in total. The molecule has 0 saturated carbocycles. The highest BCUT2D eigenvalue weighted by atomic mass is 16.5. The summed E-state index contributed by atoms with van der Waals surface area (Å²) in [5.74, 6) is -0.694. The van der Waals surface area contributed by atoms with Gasteiger partial charge in [0, 0.05) is 11.1 Å². The van der Waals surface area contributed by atoms with E-state index in [0.29, 0.717) is 11.1 Å². The van der Waals surface area contributed by atoms with Crippen LogP contribution in [-0.4, -0.2) is 26.2 Å². The van der Waals surface area contributed by atoms with Crippen molar-refractivity contribution in [1.29, 1.82) is 0 Å². The predicted molar refractivity (Wildman–Crippen MR) is 120 cm³/mol. The first-order chi connectivity index (χ1) is 12.4. The average molecular weight is 389 g/mol. The second-order valence-electron chi connectivity index (χ2n) is 4.85. The maximum atomic E-state index is 10.2. The summed E-state index contributed by atoms with van der Waals surface area (Å²) in [4.78, 5) is 20.4. The molecule has 0 unspecified atom stereocenters. The number of hydrogen-bond acceptors (Lipinski definition) is 4. The summed E-state index contributed by atoms with van der Waals surface area (Å²) in [5, 5.41) is 0. The molecule has 4 nitrogen and oxygen atoms in total. The summed E-state index contributed by atoms with van der Waals surface area (Å²) < 4.78 is 8.55. The molecule has 0 atom stereocenters. The number of hydrogen-bond donors (Lipinski definition) is 0. The average Bonchev–Trinajstić information content (AvgIpc) is 2.70. The van der Waals surface area contributed by atoms with Crippen LogP contribution in [-0.2, 0) is 19.1 Å². The van der Waals surface area contributed by atoms with E-state index in [4.69, 9.17) is 0 Å². The molecule has 0 aliphatic carbocycles. The molecular formula is C24H36O4. The van der Waals surface area contributed by atoms with Crippen LogP contribution in [0.5, 0.6) is 0 Å². The summed E-state index contributed by atoms with van der Waals surface area (Å²) >= 11 is 0. The van der Waals surface area contributed by atoms with Crippen LogP contribution in [0, 0.1) is 0 Å². The molecule has 156 valence electrons. The van der Waals surface area contributed by atoms with E-state index in [9.17, 15) is 9.59 Å². The Kier molecular flexibility index (Phi) is 27.7. The van der Waals surface area contributed by atoms with E-state index in [2.05, 4.69) is 22.6 Å². The van der Waals surface area contributed by atoms with Gasteiger partial charge in [0.2, 0.25) is 0 Å². The first kappa shape index (κ1) is 32.5. The third-order valence-corrected chi connectivity index (χ3v) is 2.40. The molecule has 0 amide bonds. The Morgan fingerprint density at radius 3 is 0.714 bits per heavy atom. The summed E-state index contributed by atoms with van der Waals surface area (Å²) in [5.41, 5.74) is 0.866. The van der Waals surface area contributed by atoms with Gasteiger partial charge < -0.3 is 9.47 Å². The highest BCUT2D eigenvalue weighted by Gasteiger charge is 1.96. The van der Waals surface area contributed by atoms with Gasteiger partial charge in [-0.1, -0.05) is 101 Å². The zero-order chi connectivity index (χ0) is 20.2. The maximum absolute atomic E-state index is 10.2. The second kappa shape index (κ2) is 23.9. The Labute approximate surface area is 171 Å². The Morgan fingerprint density at radius 2 is 0.679 bits per heavy atom. The standard InChI is InChI=1S/2C6H6.2C5H8O2.2CH4/c2*1-2-4-6-5-3-1;2*1-4(2)5(6)7-3;;/h2*1-6H;2*1H2,2-3H3;2*1H4. The van der Waals surface area contributed by atoms with Crippen LogP contribution < -0.4 is 0 Å². The van der Waals surface area contributed by atoms with E-state index >= 15 is 0 Å². The Morgan fingerprint density at radius 1 is 0.536 bits per heavy atom. The molecule has 0 fully saturated rings. The zero-order valence-electron chi connectivity index (χ0n) is 16.0. The van der Waals surface area contributed by atoms with Gasteiger partial charge in [0.1, 0.15) is 0 Å². The lowest BCUT2D eigenvalue weighted by Crippen LogP contribution is -1.98. The lowest BCUT2D eigenvalue weighted by Gasteiger charge is -1.91. The molecular weight excluding hydrogens is 352 g/mol. The maximum Gasteiger partial charge on any atom is 0.332 e. The third-order valence-electron chi connectivity index (χ3n) is 2.40. The van der Waals surface area contributed by atoms with E-state index in [0.717, 1.165) is 0 Å². The quantitative estimate of drug-likeness (QED) is 0.459. The van der Waals surface area contributed by atoms with Crippen LogP contribution in [0.1, 0.15) is 28.7 Å². The van der Waals surface area contributed by atoms with Gasteiger partial charge in [-0.25, -0.2) is 9.59 Å². The molecule has 28 heavy (non-hydrogen) atoms. The van der Waals surface area contributed by atoms with Crippen molar-refractivity contribution in [1.82, 2.24) is 0 Å². The van der Waals surface area contributed by atoms with Gasteiger partial charge >= 0.3 is 11.9 Å². The minimum absolute atomic E-state index is 0. The van der Waals surface area contributed by atoms with E-state index < -0.39 is 0 Å². The predicted octanol–water partition coefficient (Wildman–Crippen LogP) is 6.12. The molecule has 0 aliphatic heterocycles. The Hall–Kier alpha value is -3.14. The summed E-state index contributed by atoms with van der Waals surface area (Å²) in [6.45, 7) is 9.91. The summed E-state index contributed by atoms with van der Waals surface area (Å²) in [6, 6.07) is 24.0.